The summed E-state index contributed by atoms with van der Waals surface area (Å²) in [4.78, 5) is 0.246. The molecule has 2 unspecified atom stereocenters. The van der Waals surface area contributed by atoms with E-state index in [9.17, 15) is 8.42 Å². The average molecular weight is 272 g/mol. The van der Waals surface area contributed by atoms with Crippen molar-refractivity contribution in [2.45, 2.75) is 30.2 Å². The van der Waals surface area contributed by atoms with Crippen molar-refractivity contribution in [3.63, 3.8) is 0 Å². The van der Waals surface area contributed by atoms with Gasteiger partial charge in [-0.15, -0.1) is 0 Å². The Hall–Kier alpha value is -0.920. The number of nitrogens with two attached hydrogens (primary N) is 1. The van der Waals surface area contributed by atoms with Crippen LogP contribution in [-0.4, -0.2) is 42.1 Å². The standard InChI is InChI=1S/C11H20N4O2S/c1-14-8-10(7-13-14)18(16,17)15(2)11-5-3-4-9(11)6-12/h7-9,11H,3-6,12H2,1-2H3. The molecule has 0 bridgehead atoms. The molecule has 2 N–H and O–H groups in total. The molecule has 0 radical (unpaired) electrons. The third-order valence-corrected chi connectivity index (χ3v) is 5.58. The summed E-state index contributed by atoms with van der Waals surface area (Å²) in [5, 5.41) is 3.92. The van der Waals surface area contributed by atoms with E-state index in [1.807, 2.05) is 0 Å². The van der Waals surface area contributed by atoms with Crippen LogP contribution >= 0.6 is 0 Å². The molecule has 1 saturated carbocycles. The second-order valence-corrected chi connectivity index (χ2v) is 6.86. The van der Waals surface area contributed by atoms with Crippen molar-refractivity contribution < 1.29 is 8.42 Å². The second-order valence-electron chi connectivity index (χ2n) is 4.86. The van der Waals surface area contributed by atoms with Gasteiger partial charge in [-0.3, -0.25) is 4.68 Å². The number of hydrogen-bond acceptors (Lipinski definition) is 4. The van der Waals surface area contributed by atoms with E-state index in [0.717, 1.165) is 19.3 Å². The highest BCUT2D eigenvalue weighted by Crippen LogP contribution is 2.31. The Labute approximate surface area is 108 Å². The summed E-state index contributed by atoms with van der Waals surface area (Å²) in [6.45, 7) is 0.539. The topological polar surface area (TPSA) is 81.2 Å². The lowest BCUT2D eigenvalue weighted by atomic mass is 10.0. The van der Waals surface area contributed by atoms with Crippen molar-refractivity contribution >= 4 is 10.0 Å². The van der Waals surface area contributed by atoms with Crippen LogP contribution in [0.15, 0.2) is 17.3 Å². The van der Waals surface area contributed by atoms with Gasteiger partial charge in [0.1, 0.15) is 4.90 Å². The summed E-state index contributed by atoms with van der Waals surface area (Å²) in [5.74, 6) is 0.265. The lowest BCUT2D eigenvalue weighted by molar-refractivity contribution is 0.304. The Kier molecular flexibility index (Phi) is 3.74. The molecule has 2 rings (SSSR count). The van der Waals surface area contributed by atoms with Crippen LogP contribution in [0.5, 0.6) is 0 Å². The maximum Gasteiger partial charge on any atom is 0.246 e. The van der Waals surface area contributed by atoms with Gasteiger partial charge in [0.25, 0.3) is 0 Å². The van der Waals surface area contributed by atoms with Crippen LogP contribution in [0.1, 0.15) is 19.3 Å². The summed E-state index contributed by atoms with van der Waals surface area (Å²) >= 11 is 0. The van der Waals surface area contributed by atoms with Crippen LogP contribution in [-0.2, 0) is 17.1 Å². The fourth-order valence-electron chi connectivity index (χ4n) is 2.65. The first-order valence-electron chi connectivity index (χ1n) is 6.13. The summed E-state index contributed by atoms with van der Waals surface area (Å²) in [6.07, 6.45) is 5.85. The Morgan fingerprint density at radius 1 is 1.56 bits per heavy atom. The van der Waals surface area contributed by atoms with Gasteiger partial charge in [-0.2, -0.15) is 9.40 Å². The summed E-state index contributed by atoms with van der Waals surface area (Å²) in [5.41, 5.74) is 5.71. The predicted octanol–water partition coefficient (Wildman–Crippen LogP) is 0.168. The molecule has 0 aromatic carbocycles. The molecule has 1 fully saturated rings. The van der Waals surface area contributed by atoms with Crippen molar-refractivity contribution in [2.75, 3.05) is 13.6 Å². The molecule has 0 aliphatic heterocycles. The molecular formula is C11H20N4O2S. The molecule has 18 heavy (non-hydrogen) atoms. The van der Waals surface area contributed by atoms with E-state index in [4.69, 9.17) is 5.73 Å². The van der Waals surface area contributed by atoms with Gasteiger partial charge < -0.3 is 5.73 Å². The Morgan fingerprint density at radius 2 is 2.28 bits per heavy atom. The zero-order chi connectivity index (χ0) is 13.3. The molecule has 0 saturated heterocycles. The van der Waals surface area contributed by atoms with Gasteiger partial charge in [0.15, 0.2) is 0 Å². The lowest BCUT2D eigenvalue weighted by Crippen LogP contribution is -2.41. The van der Waals surface area contributed by atoms with E-state index < -0.39 is 10.0 Å². The van der Waals surface area contributed by atoms with Gasteiger partial charge in [0, 0.05) is 26.3 Å². The molecule has 1 heterocycles. The molecule has 0 amide bonds. The minimum Gasteiger partial charge on any atom is -0.330 e. The van der Waals surface area contributed by atoms with Crippen LogP contribution in [0, 0.1) is 5.92 Å². The summed E-state index contributed by atoms with van der Waals surface area (Å²) in [6, 6.07) is 0.0141. The third kappa shape index (κ3) is 2.30. The minimum atomic E-state index is -3.45. The normalized spacial score (nSPS) is 24.9. The van der Waals surface area contributed by atoms with Gasteiger partial charge in [-0.25, -0.2) is 8.42 Å². The quantitative estimate of drug-likeness (QED) is 0.847. The maximum absolute atomic E-state index is 12.4. The SMILES string of the molecule is CN(C1CCCC1CN)S(=O)(=O)c1cnn(C)c1. The van der Waals surface area contributed by atoms with Gasteiger partial charge in [-0.1, -0.05) is 6.42 Å². The molecule has 1 aromatic rings. The first-order valence-corrected chi connectivity index (χ1v) is 7.57. The van der Waals surface area contributed by atoms with E-state index in [2.05, 4.69) is 5.10 Å². The summed E-state index contributed by atoms with van der Waals surface area (Å²) < 4.78 is 27.8. The number of nitrogens with zero attached hydrogens (tertiary/aromatic N) is 3. The average Bonchev–Trinajstić information content (AvgIpc) is 2.95. The van der Waals surface area contributed by atoms with E-state index >= 15 is 0 Å². The first-order chi connectivity index (χ1) is 8.46. The zero-order valence-electron chi connectivity index (χ0n) is 10.8. The van der Waals surface area contributed by atoms with E-state index in [1.165, 1.54) is 21.4 Å². The fourth-order valence-corrected chi connectivity index (χ4v) is 4.08. The molecule has 7 heteroatoms. The molecular weight excluding hydrogens is 252 g/mol. The van der Waals surface area contributed by atoms with Crippen molar-refractivity contribution in [3.05, 3.63) is 12.4 Å². The molecule has 6 nitrogen and oxygen atoms in total. The second kappa shape index (κ2) is 4.99. The van der Waals surface area contributed by atoms with Crippen LogP contribution in [0.3, 0.4) is 0 Å². The largest absolute Gasteiger partial charge is 0.330 e. The van der Waals surface area contributed by atoms with Crippen LogP contribution in [0.4, 0.5) is 0 Å². The van der Waals surface area contributed by atoms with E-state index in [1.54, 1.807) is 14.1 Å². The number of aromatic nitrogens is 2. The molecule has 102 valence electrons. The van der Waals surface area contributed by atoms with Crippen molar-refractivity contribution in [1.29, 1.82) is 0 Å². The molecule has 2 atom stereocenters. The van der Waals surface area contributed by atoms with Crippen LogP contribution in [0.25, 0.3) is 0 Å². The monoisotopic (exact) mass is 272 g/mol. The van der Waals surface area contributed by atoms with Gasteiger partial charge in [0.05, 0.1) is 6.20 Å². The van der Waals surface area contributed by atoms with Crippen LogP contribution in [0.2, 0.25) is 0 Å². The maximum atomic E-state index is 12.4. The molecule has 1 aliphatic carbocycles. The van der Waals surface area contributed by atoms with Crippen molar-refractivity contribution in [1.82, 2.24) is 14.1 Å². The third-order valence-electron chi connectivity index (χ3n) is 3.75. The zero-order valence-corrected chi connectivity index (χ0v) is 11.6. The lowest BCUT2D eigenvalue weighted by Gasteiger charge is -2.27. The Balaban J connectivity index is 2.25. The smallest absolute Gasteiger partial charge is 0.246 e. The van der Waals surface area contributed by atoms with E-state index in [0.29, 0.717) is 6.54 Å². The van der Waals surface area contributed by atoms with Gasteiger partial charge in [0.2, 0.25) is 10.0 Å². The molecule has 0 spiro atoms. The fraction of sp³-hybridized carbons (Fsp3) is 0.727. The highest BCUT2D eigenvalue weighted by molar-refractivity contribution is 7.89. The van der Waals surface area contributed by atoms with Gasteiger partial charge in [-0.05, 0) is 25.3 Å². The van der Waals surface area contributed by atoms with Gasteiger partial charge >= 0.3 is 0 Å². The van der Waals surface area contributed by atoms with Crippen LogP contribution < -0.4 is 5.73 Å². The Bertz CT molecular complexity index is 511. The number of hydrogen-bond donors (Lipinski definition) is 1. The number of aryl methyl sites for hydroxylation is 1. The first kappa shape index (κ1) is 13.5. The number of sulfonamides is 1. The predicted molar refractivity (Wildman–Crippen MR) is 68.3 cm³/mol. The highest BCUT2D eigenvalue weighted by atomic mass is 32.2. The van der Waals surface area contributed by atoms with Crippen molar-refractivity contribution in [2.24, 2.45) is 18.7 Å². The minimum absolute atomic E-state index is 0.0141. The number of rotatable bonds is 4. The molecule has 1 aliphatic rings. The molecule has 1 aromatic heterocycles. The van der Waals surface area contributed by atoms with Crippen molar-refractivity contribution in [3.8, 4) is 0 Å². The van der Waals surface area contributed by atoms with E-state index in [-0.39, 0.29) is 16.9 Å². The highest BCUT2D eigenvalue weighted by Gasteiger charge is 2.36. The summed E-state index contributed by atoms with van der Waals surface area (Å²) in [7, 11) is -0.105. The Morgan fingerprint density at radius 3 is 2.83 bits per heavy atom.